The zero-order chi connectivity index (χ0) is 22.0. The summed E-state index contributed by atoms with van der Waals surface area (Å²) in [5.74, 6) is -0.0937. The summed E-state index contributed by atoms with van der Waals surface area (Å²) < 4.78 is 1.98. The molecule has 0 spiro atoms. The lowest BCUT2D eigenvalue weighted by Gasteiger charge is -2.12. The second-order valence-corrected chi connectivity index (χ2v) is 7.90. The van der Waals surface area contributed by atoms with Crippen molar-refractivity contribution >= 4 is 28.5 Å². The number of hydrogen-bond acceptors (Lipinski definition) is 3. The zero-order valence-corrected chi connectivity index (χ0v) is 18.0. The van der Waals surface area contributed by atoms with Crippen LogP contribution in [0.3, 0.4) is 0 Å². The molecule has 0 unspecified atom stereocenters. The summed E-state index contributed by atoms with van der Waals surface area (Å²) in [4.78, 5) is 19.4. The van der Waals surface area contributed by atoms with Crippen molar-refractivity contribution in [3.8, 4) is 11.1 Å². The van der Waals surface area contributed by atoms with Crippen molar-refractivity contribution in [1.82, 2.24) is 14.5 Å². The van der Waals surface area contributed by atoms with Crippen LogP contribution in [0.25, 0.3) is 22.0 Å². The molecule has 3 N–H and O–H groups in total. The minimum Gasteiger partial charge on any atom is -0.478 e. The summed E-state index contributed by atoms with van der Waals surface area (Å²) in [6.07, 6.45) is 4.67. The maximum atomic E-state index is 11.7. The number of carboxylic acid groups (broad SMARTS) is 1. The van der Waals surface area contributed by atoms with Gasteiger partial charge in [0, 0.05) is 35.6 Å². The molecule has 4 rings (SSSR count). The summed E-state index contributed by atoms with van der Waals surface area (Å²) in [6.45, 7) is 2.47. The van der Waals surface area contributed by atoms with E-state index in [1.165, 1.54) is 0 Å². The van der Waals surface area contributed by atoms with Crippen molar-refractivity contribution in [2.45, 2.75) is 39.3 Å². The van der Waals surface area contributed by atoms with Gasteiger partial charge in [-0.25, -0.2) is 9.78 Å². The van der Waals surface area contributed by atoms with Crippen LogP contribution in [0.1, 0.15) is 47.2 Å². The molecule has 0 bridgehead atoms. The van der Waals surface area contributed by atoms with Gasteiger partial charge in [0.1, 0.15) is 5.82 Å². The number of nitrogens with one attached hydrogen (secondary N) is 1. The first kappa shape index (κ1) is 21.2. The predicted octanol–water partition coefficient (Wildman–Crippen LogP) is 5.27. The van der Waals surface area contributed by atoms with E-state index >= 15 is 0 Å². The molecule has 0 fully saturated rings. The molecule has 0 radical (unpaired) electrons. The Kier molecular flexibility index (Phi) is 6.11. The van der Waals surface area contributed by atoms with Crippen molar-refractivity contribution < 1.29 is 15.0 Å². The SMILES string of the molecule is CCCCc1nc(Cl)c(CO)n1Cc1ccc2[nH]cc(-c3ccccc3C(=O)O)c2c1. The first-order chi connectivity index (χ1) is 15.0. The summed E-state index contributed by atoms with van der Waals surface area (Å²) >= 11 is 6.27. The minimum absolute atomic E-state index is 0.179. The molecular formula is C24H24ClN3O3. The molecule has 0 saturated carbocycles. The molecule has 0 aliphatic carbocycles. The Labute approximate surface area is 185 Å². The summed E-state index contributed by atoms with van der Waals surface area (Å²) in [6, 6.07) is 13.1. The number of H-pyrrole nitrogens is 1. The lowest BCUT2D eigenvalue weighted by Crippen LogP contribution is -2.09. The van der Waals surface area contributed by atoms with E-state index in [1.54, 1.807) is 12.1 Å². The van der Waals surface area contributed by atoms with Crippen molar-refractivity contribution in [3.63, 3.8) is 0 Å². The van der Waals surface area contributed by atoms with Gasteiger partial charge in [-0.05, 0) is 35.7 Å². The van der Waals surface area contributed by atoms with Crippen LogP contribution < -0.4 is 0 Å². The second kappa shape index (κ2) is 8.96. The molecule has 0 aliphatic rings. The number of hydrogen-bond donors (Lipinski definition) is 3. The predicted molar refractivity (Wildman–Crippen MR) is 122 cm³/mol. The fourth-order valence-electron chi connectivity index (χ4n) is 3.94. The normalized spacial score (nSPS) is 11.3. The fourth-order valence-corrected chi connectivity index (χ4v) is 4.20. The van der Waals surface area contributed by atoms with E-state index < -0.39 is 5.97 Å². The molecule has 2 aromatic carbocycles. The van der Waals surface area contributed by atoms with E-state index in [4.69, 9.17) is 11.6 Å². The number of halogens is 1. The third kappa shape index (κ3) is 4.09. The number of fused-ring (bicyclic) bond motifs is 1. The Bertz CT molecular complexity index is 1240. The number of aliphatic hydroxyl groups is 1. The van der Waals surface area contributed by atoms with Crippen LogP contribution in [0.4, 0.5) is 0 Å². The number of aromatic carboxylic acids is 1. The van der Waals surface area contributed by atoms with Gasteiger partial charge < -0.3 is 19.8 Å². The van der Waals surface area contributed by atoms with Crippen LogP contribution in [0.15, 0.2) is 48.7 Å². The van der Waals surface area contributed by atoms with Gasteiger partial charge in [0.15, 0.2) is 5.15 Å². The summed E-state index contributed by atoms with van der Waals surface area (Å²) in [5, 5.41) is 20.7. The highest BCUT2D eigenvalue weighted by molar-refractivity contribution is 6.30. The van der Waals surface area contributed by atoms with Crippen LogP contribution in [0, 0.1) is 0 Å². The number of aryl methyl sites for hydroxylation is 1. The first-order valence-electron chi connectivity index (χ1n) is 10.3. The third-order valence-corrected chi connectivity index (χ3v) is 5.84. The van der Waals surface area contributed by atoms with Crippen molar-refractivity contribution in [1.29, 1.82) is 0 Å². The maximum absolute atomic E-state index is 11.7. The molecule has 160 valence electrons. The van der Waals surface area contributed by atoms with Crippen LogP contribution in [-0.4, -0.2) is 30.7 Å². The van der Waals surface area contributed by atoms with E-state index in [2.05, 4.69) is 23.0 Å². The van der Waals surface area contributed by atoms with E-state index in [0.29, 0.717) is 23.0 Å². The summed E-state index contributed by atoms with van der Waals surface area (Å²) in [7, 11) is 0. The van der Waals surface area contributed by atoms with Gasteiger partial charge in [-0.1, -0.05) is 49.2 Å². The van der Waals surface area contributed by atoms with E-state index in [1.807, 2.05) is 35.0 Å². The van der Waals surface area contributed by atoms with Crippen molar-refractivity contribution in [2.75, 3.05) is 0 Å². The Balaban J connectivity index is 1.77. The Morgan fingerprint density at radius 1 is 1.19 bits per heavy atom. The molecule has 0 atom stereocenters. The van der Waals surface area contributed by atoms with Gasteiger partial charge in [-0.2, -0.15) is 0 Å². The molecule has 0 amide bonds. The second-order valence-electron chi connectivity index (χ2n) is 7.55. The van der Waals surface area contributed by atoms with Gasteiger partial charge in [0.2, 0.25) is 0 Å². The van der Waals surface area contributed by atoms with E-state index in [0.717, 1.165) is 47.1 Å². The topological polar surface area (TPSA) is 91.1 Å². The number of aromatic nitrogens is 3. The molecule has 2 heterocycles. The third-order valence-electron chi connectivity index (χ3n) is 5.54. The molecule has 7 heteroatoms. The van der Waals surface area contributed by atoms with E-state index in [9.17, 15) is 15.0 Å². The maximum Gasteiger partial charge on any atom is 0.336 e. The highest BCUT2D eigenvalue weighted by Gasteiger charge is 2.17. The Morgan fingerprint density at radius 3 is 2.74 bits per heavy atom. The molecular weight excluding hydrogens is 414 g/mol. The number of aromatic amines is 1. The molecule has 6 nitrogen and oxygen atoms in total. The number of carbonyl (C=O) groups is 1. The number of nitrogens with zero attached hydrogens (tertiary/aromatic N) is 2. The summed E-state index contributed by atoms with van der Waals surface area (Å²) in [5.41, 5.74) is 4.33. The van der Waals surface area contributed by atoms with Crippen LogP contribution >= 0.6 is 11.6 Å². The van der Waals surface area contributed by atoms with Gasteiger partial charge in [0.05, 0.1) is 17.9 Å². The lowest BCUT2D eigenvalue weighted by molar-refractivity contribution is 0.0697. The number of carboxylic acids is 1. The van der Waals surface area contributed by atoms with Crippen molar-refractivity contribution in [2.24, 2.45) is 0 Å². The minimum atomic E-state index is -0.956. The number of unbranched alkanes of at least 4 members (excludes halogenated alkanes) is 1. The van der Waals surface area contributed by atoms with Crippen LogP contribution in [0.2, 0.25) is 5.15 Å². The molecule has 4 aromatic rings. The van der Waals surface area contributed by atoms with Crippen LogP contribution in [-0.2, 0) is 19.6 Å². The molecule has 2 aromatic heterocycles. The Hall–Kier alpha value is -3.09. The van der Waals surface area contributed by atoms with Gasteiger partial charge in [-0.15, -0.1) is 0 Å². The Morgan fingerprint density at radius 2 is 2.00 bits per heavy atom. The fraction of sp³-hybridized carbons (Fsp3) is 0.250. The number of rotatable bonds is 8. The molecule has 0 saturated heterocycles. The standard InChI is InChI=1S/C24H24ClN3O3/c1-2-3-8-22-27-23(25)21(14-29)28(22)13-15-9-10-20-18(11-15)19(12-26-20)16-6-4-5-7-17(16)24(30)31/h4-7,9-12,26,29H,2-3,8,13-14H2,1H3,(H,30,31). The quantitative estimate of drug-likeness (QED) is 0.350. The highest BCUT2D eigenvalue weighted by Crippen LogP contribution is 2.32. The number of aliphatic hydroxyl groups excluding tert-OH is 1. The highest BCUT2D eigenvalue weighted by atomic mass is 35.5. The average Bonchev–Trinajstić information content (AvgIpc) is 3.32. The molecule has 0 aliphatic heterocycles. The van der Waals surface area contributed by atoms with E-state index in [-0.39, 0.29) is 12.2 Å². The first-order valence-corrected chi connectivity index (χ1v) is 10.7. The monoisotopic (exact) mass is 437 g/mol. The van der Waals surface area contributed by atoms with Gasteiger partial charge in [-0.3, -0.25) is 0 Å². The van der Waals surface area contributed by atoms with Gasteiger partial charge >= 0.3 is 5.97 Å². The average molecular weight is 438 g/mol. The largest absolute Gasteiger partial charge is 0.478 e. The zero-order valence-electron chi connectivity index (χ0n) is 17.2. The number of benzene rings is 2. The van der Waals surface area contributed by atoms with Gasteiger partial charge in [0.25, 0.3) is 0 Å². The smallest absolute Gasteiger partial charge is 0.336 e. The van der Waals surface area contributed by atoms with Crippen LogP contribution in [0.5, 0.6) is 0 Å². The number of imidazole rings is 1. The lowest BCUT2D eigenvalue weighted by atomic mass is 9.98. The van der Waals surface area contributed by atoms with Crippen molar-refractivity contribution in [3.05, 3.63) is 76.5 Å². The molecule has 31 heavy (non-hydrogen) atoms.